The normalized spacial score (nSPS) is 11.1. The van der Waals surface area contributed by atoms with E-state index in [9.17, 15) is 18.0 Å². The number of nitrogens with zero attached hydrogens (tertiary/aromatic N) is 1. The van der Waals surface area contributed by atoms with Crippen LogP contribution >= 0.6 is 23.2 Å². The lowest BCUT2D eigenvalue weighted by atomic mass is 10.3. The van der Waals surface area contributed by atoms with E-state index in [2.05, 4.69) is 5.32 Å². The molecule has 3 rings (SSSR count). The fourth-order valence-electron chi connectivity index (χ4n) is 3.10. The number of benzene rings is 3. The maximum Gasteiger partial charge on any atom is 0.327 e. The second-order valence-electron chi connectivity index (χ2n) is 7.85. The van der Waals surface area contributed by atoms with Crippen LogP contribution < -0.4 is 14.4 Å². The number of hydrogen-bond donors (Lipinski definition) is 1. The molecule has 0 spiro atoms. The first-order valence-electron chi connectivity index (χ1n) is 10.8. The summed E-state index contributed by atoms with van der Waals surface area (Å²) >= 11 is 11.9. The number of carbonyl (C=O) groups is 2. The zero-order chi connectivity index (χ0) is 26.3. The van der Waals surface area contributed by atoms with E-state index < -0.39 is 34.5 Å². The quantitative estimate of drug-likeness (QED) is 0.350. The lowest BCUT2D eigenvalue weighted by molar-refractivity contribution is -0.145. The van der Waals surface area contributed by atoms with Gasteiger partial charge in [-0.1, -0.05) is 35.3 Å². The summed E-state index contributed by atoms with van der Waals surface area (Å²) in [6.07, 6.45) is -0.421. The van der Waals surface area contributed by atoms with Crippen LogP contribution in [0.4, 0.5) is 11.4 Å². The van der Waals surface area contributed by atoms with Gasteiger partial charge in [-0.2, -0.15) is 0 Å². The van der Waals surface area contributed by atoms with E-state index in [-0.39, 0.29) is 22.9 Å². The highest BCUT2D eigenvalue weighted by atomic mass is 35.5. The fraction of sp³-hybridized carbons (Fsp3) is 0.200. The summed E-state index contributed by atoms with van der Waals surface area (Å²) in [5.74, 6) is -0.764. The molecule has 8 nitrogen and oxygen atoms in total. The molecular formula is C25H24Cl2N2O6S. The van der Waals surface area contributed by atoms with Crippen LogP contribution in [-0.2, 0) is 24.3 Å². The molecule has 0 fully saturated rings. The highest BCUT2D eigenvalue weighted by Gasteiger charge is 2.28. The number of rotatable bonds is 10. The Morgan fingerprint density at radius 1 is 0.944 bits per heavy atom. The molecule has 11 heteroatoms. The molecule has 0 unspecified atom stereocenters. The Balaban J connectivity index is 1.81. The van der Waals surface area contributed by atoms with Crippen LogP contribution in [0.25, 0.3) is 0 Å². The Morgan fingerprint density at radius 2 is 1.64 bits per heavy atom. The lowest BCUT2D eigenvalue weighted by Gasteiger charge is -2.24. The van der Waals surface area contributed by atoms with E-state index in [0.29, 0.717) is 15.8 Å². The maximum absolute atomic E-state index is 13.6. The highest BCUT2D eigenvalue weighted by molar-refractivity contribution is 7.92. The predicted molar refractivity (Wildman–Crippen MR) is 139 cm³/mol. The second-order valence-corrected chi connectivity index (χ2v) is 10.6. The van der Waals surface area contributed by atoms with Crippen LogP contribution in [0.1, 0.15) is 13.8 Å². The topological polar surface area (TPSA) is 102 Å². The summed E-state index contributed by atoms with van der Waals surface area (Å²) < 4.78 is 38.6. The molecule has 0 aliphatic carbocycles. The summed E-state index contributed by atoms with van der Waals surface area (Å²) in [5.41, 5.74) is 0.422. The smallest absolute Gasteiger partial charge is 0.327 e. The number of sulfonamides is 1. The number of nitrogens with one attached hydrogen (secondary N) is 1. The molecule has 1 N–H and O–H groups in total. The zero-order valence-electron chi connectivity index (χ0n) is 19.5. The third-order valence-electron chi connectivity index (χ3n) is 4.63. The van der Waals surface area contributed by atoms with Gasteiger partial charge in [0.1, 0.15) is 12.3 Å². The van der Waals surface area contributed by atoms with Gasteiger partial charge in [0, 0.05) is 15.7 Å². The molecule has 1 amide bonds. The van der Waals surface area contributed by atoms with Gasteiger partial charge in [0.05, 0.1) is 16.7 Å². The molecule has 3 aromatic carbocycles. The summed E-state index contributed by atoms with van der Waals surface area (Å²) in [6, 6.07) is 18.3. The van der Waals surface area contributed by atoms with Gasteiger partial charge in [0.2, 0.25) is 0 Å². The third kappa shape index (κ3) is 7.61. The molecule has 0 aliphatic rings. The number of ether oxygens (including phenoxy) is 2. The van der Waals surface area contributed by atoms with Crippen molar-refractivity contribution in [2.75, 3.05) is 22.8 Å². The molecule has 0 radical (unpaired) electrons. The molecule has 0 aliphatic heterocycles. The maximum atomic E-state index is 13.6. The standard InChI is InChI=1S/C25H24Cl2N2O6S/c1-17(2)35-25(31)15-29(21-7-3-5-19(27)13-21)36(32,33)23-8-4-6-20(14-23)28-24(30)16-34-22-11-9-18(26)10-12-22/h3-14,17H,15-16H2,1-2H3,(H,28,30). The van der Waals surface area contributed by atoms with E-state index in [1.54, 1.807) is 50.2 Å². The van der Waals surface area contributed by atoms with E-state index in [0.717, 1.165) is 4.31 Å². The average Bonchev–Trinajstić information content (AvgIpc) is 2.82. The highest BCUT2D eigenvalue weighted by Crippen LogP contribution is 2.27. The molecule has 0 aromatic heterocycles. The number of esters is 1. The molecule has 36 heavy (non-hydrogen) atoms. The van der Waals surface area contributed by atoms with Gasteiger partial charge < -0.3 is 14.8 Å². The van der Waals surface area contributed by atoms with Gasteiger partial charge in [-0.15, -0.1) is 0 Å². The Labute approximate surface area is 219 Å². The summed E-state index contributed by atoms with van der Waals surface area (Å²) in [6.45, 7) is 2.47. The van der Waals surface area contributed by atoms with E-state index in [4.69, 9.17) is 32.7 Å². The van der Waals surface area contributed by atoms with Crippen molar-refractivity contribution in [2.45, 2.75) is 24.8 Å². The van der Waals surface area contributed by atoms with Gasteiger partial charge in [0.25, 0.3) is 15.9 Å². The van der Waals surface area contributed by atoms with Crippen LogP contribution in [0.2, 0.25) is 10.0 Å². The van der Waals surface area contributed by atoms with Gasteiger partial charge in [-0.3, -0.25) is 13.9 Å². The van der Waals surface area contributed by atoms with Crippen LogP contribution in [-0.4, -0.2) is 39.5 Å². The van der Waals surface area contributed by atoms with E-state index in [1.807, 2.05) is 0 Å². The Morgan fingerprint density at radius 3 is 2.31 bits per heavy atom. The van der Waals surface area contributed by atoms with Crippen molar-refractivity contribution in [3.63, 3.8) is 0 Å². The first-order chi connectivity index (χ1) is 17.0. The minimum Gasteiger partial charge on any atom is -0.484 e. The summed E-state index contributed by atoms with van der Waals surface area (Å²) in [4.78, 5) is 24.6. The Hall–Kier alpha value is -3.27. The third-order valence-corrected chi connectivity index (χ3v) is 6.88. The zero-order valence-corrected chi connectivity index (χ0v) is 21.8. The van der Waals surface area contributed by atoms with Crippen LogP contribution in [0, 0.1) is 0 Å². The van der Waals surface area contributed by atoms with Crippen molar-refractivity contribution in [1.29, 1.82) is 0 Å². The molecule has 0 heterocycles. The molecule has 0 saturated heterocycles. The van der Waals surface area contributed by atoms with Gasteiger partial charge in [0.15, 0.2) is 6.61 Å². The molecule has 0 saturated carbocycles. The molecular weight excluding hydrogens is 527 g/mol. The van der Waals surface area contributed by atoms with Gasteiger partial charge in [-0.25, -0.2) is 8.42 Å². The van der Waals surface area contributed by atoms with Crippen LogP contribution in [0.3, 0.4) is 0 Å². The summed E-state index contributed by atoms with van der Waals surface area (Å²) in [5, 5.41) is 3.44. The summed E-state index contributed by atoms with van der Waals surface area (Å²) in [7, 11) is -4.24. The SMILES string of the molecule is CC(C)OC(=O)CN(c1cccc(Cl)c1)S(=O)(=O)c1cccc(NC(=O)COc2ccc(Cl)cc2)c1. The van der Waals surface area contributed by atoms with Crippen molar-refractivity contribution in [1.82, 2.24) is 0 Å². The second kappa shape index (κ2) is 12.1. The molecule has 0 bridgehead atoms. The van der Waals surface area contributed by atoms with Crippen molar-refractivity contribution >= 4 is 56.5 Å². The Kier molecular flexibility index (Phi) is 9.19. The number of carbonyl (C=O) groups excluding carboxylic acids is 2. The molecule has 190 valence electrons. The fourth-order valence-corrected chi connectivity index (χ4v) is 4.86. The Bertz CT molecular complexity index is 1330. The minimum atomic E-state index is -4.24. The monoisotopic (exact) mass is 550 g/mol. The number of anilines is 2. The predicted octanol–water partition coefficient (Wildman–Crippen LogP) is 5.16. The average molecular weight is 551 g/mol. The van der Waals surface area contributed by atoms with E-state index >= 15 is 0 Å². The van der Waals surface area contributed by atoms with Crippen LogP contribution in [0.5, 0.6) is 5.75 Å². The van der Waals surface area contributed by atoms with Gasteiger partial charge in [-0.05, 0) is 74.5 Å². The van der Waals surface area contributed by atoms with Crippen molar-refractivity contribution in [2.24, 2.45) is 0 Å². The number of amides is 1. The molecule has 0 atom stereocenters. The van der Waals surface area contributed by atoms with E-state index in [1.165, 1.54) is 36.4 Å². The number of halogens is 2. The van der Waals surface area contributed by atoms with Crippen molar-refractivity contribution in [3.05, 3.63) is 82.8 Å². The molecule has 3 aromatic rings. The first-order valence-corrected chi connectivity index (χ1v) is 13.0. The first kappa shape index (κ1) is 27.3. The van der Waals surface area contributed by atoms with Gasteiger partial charge >= 0.3 is 5.97 Å². The van der Waals surface area contributed by atoms with Crippen molar-refractivity contribution in [3.8, 4) is 5.75 Å². The largest absolute Gasteiger partial charge is 0.484 e. The minimum absolute atomic E-state index is 0.142. The van der Waals surface area contributed by atoms with Crippen molar-refractivity contribution < 1.29 is 27.5 Å². The number of hydrogen-bond acceptors (Lipinski definition) is 6. The lowest BCUT2D eigenvalue weighted by Crippen LogP contribution is -2.37. The van der Waals surface area contributed by atoms with Crippen LogP contribution in [0.15, 0.2) is 77.7 Å².